The van der Waals surface area contributed by atoms with Crippen LogP contribution in [-0.2, 0) is 16.2 Å². The van der Waals surface area contributed by atoms with Crippen molar-refractivity contribution < 1.29 is 26.3 Å². The van der Waals surface area contributed by atoms with Crippen molar-refractivity contribution >= 4 is 32.6 Å². The van der Waals surface area contributed by atoms with Gasteiger partial charge in [-0.1, -0.05) is 12.1 Å². The van der Waals surface area contributed by atoms with Gasteiger partial charge in [-0.2, -0.15) is 13.2 Å². The highest BCUT2D eigenvalue weighted by molar-refractivity contribution is 7.89. The number of H-pyrrole nitrogens is 1. The molecule has 2 aromatic carbocycles. The van der Waals surface area contributed by atoms with Crippen LogP contribution >= 0.6 is 0 Å². The highest BCUT2D eigenvalue weighted by atomic mass is 32.2. The number of hydrogen-bond donors (Lipinski definition) is 3. The van der Waals surface area contributed by atoms with E-state index in [-0.39, 0.29) is 4.90 Å². The highest BCUT2D eigenvalue weighted by Gasteiger charge is 2.30. The lowest BCUT2D eigenvalue weighted by Crippen LogP contribution is -2.18. The molecule has 4 aromatic rings. The number of nitrogens with one attached hydrogen (secondary N) is 3. The van der Waals surface area contributed by atoms with E-state index in [1.54, 1.807) is 12.1 Å². The second-order valence-electron chi connectivity index (χ2n) is 6.94. The summed E-state index contributed by atoms with van der Waals surface area (Å²) in [6, 6.07) is 10.8. The summed E-state index contributed by atoms with van der Waals surface area (Å²) in [6.07, 6.45) is -3.19. The maximum atomic E-state index is 13.1. The summed E-state index contributed by atoms with van der Waals surface area (Å²) < 4.78 is 71.3. The van der Waals surface area contributed by atoms with Crippen molar-refractivity contribution in [2.45, 2.75) is 11.1 Å². The number of hydrogen-bond acceptors (Lipinski definition) is 6. The van der Waals surface area contributed by atoms with E-state index in [2.05, 4.69) is 25.0 Å². The molecule has 0 aliphatic rings. The van der Waals surface area contributed by atoms with E-state index in [0.717, 1.165) is 12.1 Å². The number of aromatic amines is 1. The summed E-state index contributed by atoms with van der Waals surface area (Å²) in [6.45, 7) is 0. The number of aromatic nitrogens is 3. The number of rotatable bonds is 6. The first kappa shape index (κ1) is 22.6. The van der Waals surface area contributed by atoms with Gasteiger partial charge in [-0.25, -0.2) is 23.1 Å². The third-order valence-electron chi connectivity index (χ3n) is 4.93. The highest BCUT2D eigenvalue weighted by Crippen LogP contribution is 2.35. The number of sulfonamides is 1. The van der Waals surface area contributed by atoms with Gasteiger partial charge in [0.2, 0.25) is 10.0 Å². The minimum absolute atomic E-state index is 0.0114. The molecule has 0 radical (unpaired) electrons. The molecule has 8 nitrogen and oxygen atoms in total. The zero-order chi connectivity index (χ0) is 23.8. The fourth-order valence-corrected chi connectivity index (χ4v) is 4.01. The van der Waals surface area contributed by atoms with Crippen LogP contribution in [-0.4, -0.2) is 37.5 Å². The topological polar surface area (TPSA) is 109 Å². The van der Waals surface area contributed by atoms with Crippen LogP contribution in [0, 0.1) is 0 Å². The van der Waals surface area contributed by atoms with E-state index in [4.69, 9.17) is 4.74 Å². The lowest BCUT2D eigenvalue weighted by molar-refractivity contribution is -0.137. The van der Waals surface area contributed by atoms with Gasteiger partial charge in [-0.05, 0) is 49.0 Å². The van der Waals surface area contributed by atoms with E-state index < -0.39 is 21.8 Å². The zero-order valence-electron chi connectivity index (χ0n) is 17.4. The van der Waals surface area contributed by atoms with Gasteiger partial charge in [0.15, 0.2) is 0 Å². The molecular weight excluding hydrogens is 459 g/mol. The minimum Gasteiger partial charge on any atom is -0.495 e. The molecule has 0 fully saturated rings. The average Bonchev–Trinajstić information content (AvgIpc) is 3.24. The largest absolute Gasteiger partial charge is 0.495 e. The SMILES string of the molecule is CNS(=O)(=O)c1ccc(OC)c(Nc2ncnc3[nH]c(-c4cccc(C(F)(F)F)c4)cc23)c1. The van der Waals surface area contributed by atoms with Crippen molar-refractivity contribution in [2.75, 3.05) is 19.5 Å². The molecule has 0 saturated carbocycles. The van der Waals surface area contributed by atoms with Gasteiger partial charge in [-0.15, -0.1) is 0 Å². The fraction of sp³-hybridized carbons (Fsp3) is 0.143. The van der Waals surface area contributed by atoms with Crippen LogP contribution in [0.4, 0.5) is 24.7 Å². The van der Waals surface area contributed by atoms with Crippen LogP contribution in [0.2, 0.25) is 0 Å². The Morgan fingerprint density at radius 3 is 2.55 bits per heavy atom. The quantitative estimate of drug-likeness (QED) is 0.382. The average molecular weight is 477 g/mol. The van der Waals surface area contributed by atoms with Gasteiger partial charge < -0.3 is 15.0 Å². The van der Waals surface area contributed by atoms with Crippen molar-refractivity contribution in [2.24, 2.45) is 0 Å². The van der Waals surface area contributed by atoms with Crippen LogP contribution < -0.4 is 14.8 Å². The molecule has 172 valence electrons. The Morgan fingerprint density at radius 2 is 1.85 bits per heavy atom. The number of halogens is 3. The molecule has 0 saturated heterocycles. The molecule has 4 rings (SSSR count). The number of anilines is 2. The van der Waals surface area contributed by atoms with E-state index in [1.807, 2.05) is 0 Å². The molecule has 33 heavy (non-hydrogen) atoms. The number of fused-ring (bicyclic) bond motifs is 1. The summed E-state index contributed by atoms with van der Waals surface area (Å²) in [7, 11) is -0.969. The minimum atomic E-state index is -4.47. The van der Waals surface area contributed by atoms with Crippen LogP contribution in [0.1, 0.15) is 5.56 Å². The molecule has 0 bridgehead atoms. The van der Waals surface area contributed by atoms with Crippen LogP contribution in [0.3, 0.4) is 0 Å². The van der Waals surface area contributed by atoms with Crippen LogP contribution in [0.25, 0.3) is 22.3 Å². The van der Waals surface area contributed by atoms with Gasteiger partial charge in [-0.3, -0.25) is 0 Å². The summed E-state index contributed by atoms with van der Waals surface area (Å²) in [5.41, 5.74) is 0.690. The Kier molecular flexibility index (Phi) is 5.72. The van der Waals surface area contributed by atoms with Crippen LogP contribution in [0.15, 0.2) is 59.8 Å². The first-order chi connectivity index (χ1) is 15.6. The number of alkyl halides is 3. The standard InChI is InChI=1S/C21H18F3N5O3S/c1-25-33(30,31)14-6-7-18(32-2)17(9-14)29-20-15-10-16(28-19(15)26-11-27-20)12-4-3-5-13(8-12)21(22,23)24/h3-11,25H,1-2H3,(H2,26,27,28,29). The maximum absolute atomic E-state index is 13.1. The van der Waals surface area contributed by atoms with E-state index in [0.29, 0.717) is 39.5 Å². The summed E-state index contributed by atoms with van der Waals surface area (Å²) in [5, 5.41) is 3.53. The molecule has 2 aromatic heterocycles. The van der Waals surface area contributed by atoms with Gasteiger partial charge in [0, 0.05) is 5.69 Å². The third-order valence-corrected chi connectivity index (χ3v) is 6.34. The molecular formula is C21H18F3N5O3S. The van der Waals surface area contributed by atoms with Gasteiger partial charge in [0.1, 0.15) is 23.5 Å². The molecule has 0 amide bonds. The molecule has 0 atom stereocenters. The predicted molar refractivity (Wildman–Crippen MR) is 117 cm³/mol. The Bertz CT molecular complexity index is 1430. The zero-order valence-corrected chi connectivity index (χ0v) is 18.2. The van der Waals surface area contributed by atoms with E-state index in [9.17, 15) is 21.6 Å². The molecule has 12 heteroatoms. The maximum Gasteiger partial charge on any atom is 0.416 e. The van der Waals surface area contributed by atoms with E-state index >= 15 is 0 Å². The van der Waals surface area contributed by atoms with Crippen molar-refractivity contribution in [1.29, 1.82) is 0 Å². The second kappa shape index (κ2) is 8.37. The van der Waals surface area contributed by atoms with Crippen molar-refractivity contribution in [3.63, 3.8) is 0 Å². The lowest BCUT2D eigenvalue weighted by atomic mass is 10.1. The normalized spacial score (nSPS) is 12.2. The second-order valence-corrected chi connectivity index (χ2v) is 8.83. The molecule has 3 N–H and O–H groups in total. The van der Waals surface area contributed by atoms with E-state index in [1.165, 1.54) is 44.8 Å². The number of methoxy groups -OCH3 is 1. The van der Waals surface area contributed by atoms with Crippen LogP contribution in [0.5, 0.6) is 5.75 Å². The summed E-state index contributed by atoms with van der Waals surface area (Å²) in [4.78, 5) is 11.4. The number of ether oxygens (including phenoxy) is 1. The Labute approximate surface area is 186 Å². The Balaban J connectivity index is 1.77. The monoisotopic (exact) mass is 477 g/mol. The van der Waals surface area contributed by atoms with Gasteiger partial charge in [0.25, 0.3) is 0 Å². The molecule has 0 unspecified atom stereocenters. The first-order valence-electron chi connectivity index (χ1n) is 9.52. The summed E-state index contributed by atoms with van der Waals surface area (Å²) >= 11 is 0. The van der Waals surface area contributed by atoms with Crippen molar-refractivity contribution in [3.05, 3.63) is 60.4 Å². The predicted octanol–water partition coefficient (Wildman–Crippen LogP) is 4.30. The molecule has 0 spiro atoms. The number of nitrogens with zero attached hydrogens (tertiary/aromatic N) is 2. The summed E-state index contributed by atoms with van der Waals surface area (Å²) in [5.74, 6) is 0.678. The fourth-order valence-electron chi connectivity index (χ4n) is 3.26. The van der Waals surface area contributed by atoms with Gasteiger partial charge >= 0.3 is 6.18 Å². The van der Waals surface area contributed by atoms with Gasteiger partial charge in [0.05, 0.1) is 28.6 Å². The van der Waals surface area contributed by atoms with Crippen molar-refractivity contribution in [1.82, 2.24) is 19.7 Å². The number of benzene rings is 2. The smallest absolute Gasteiger partial charge is 0.416 e. The molecule has 0 aliphatic carbocycles. The Hall–Kier alpha value is -3.64. The molecule has 2 heterocycles. The van der Waals surface area contributed by atoms with Crippen molar-refractivity contribution in [3.8, 4) is 17.0 Å². The first-order valence-corrected chi connectivity index (χ1v) is 11.0. The third kappa shape index (κ3) is 4.47. The molecule has 0 aliphatic heterocycles. The lowest BCUT2D eigenvalue weighted by Gasteiger charge is -2.13. The Morgan fingerprint density at radius 1 is 1.06 bits per heavy atom.